The highest BCUT2D eigenvalue weighted by Gasteiger charge is 2.11. The Labute approximate surface area is 117 Å². The maximum atomic E-state index is 12.1. The van der Waals surface area contributed by atoms with E-state index in [1.807, 2.05) is 49.6 Å². The number of aromatic nitrogens is 2. The van der Waals surface area contributed by atoms with E-state index in [9.17, 15) is 4.79 Å². The fraction of sp³-hybridized carbons (Fsp3) is 0.188. The summed E-state index contributed by atoms with van der Waals surface area (Å²) in [7, 11) is 0. The van der Waals surface area contributed by atoms with Gasteiger partial charge in [-0.15, -0.1) is 0 Å². The SMILES string of the molecule is Cc1[nH]c2ccccc2c1CC(=O)NCc1cc[nH]c1. The molecule has 0 spiro atoms. The van der Waals surface area contributed by atoms with E-state index in [0.29, 0.717) is 13.0 Å². The van der Waals surface area contributed by atoms with Crippen molar-refractivity contribution in [3.63, 3.8) is 0 Å². The molecule has 0 bridgehead atoms. The third-order valence-corrected chi connectivity index (χ3v) is 3.52. The number of para-hydroxylation sites is 1. The lowest BCUT2D eigenvalue weighted by atomic mass is 10.1. The van der Waals surface area contributed by atoms with Gasteiger partial charge in [0.1, 0.15) is 0 Å². The van der Waals surface area contributed by atoms with Crippen LogP contribution in [0.2, 0.25) is 0 Å². The van der Waals surface area contributed by atoms with E-state index in [1.165, 1.54) is 0 Å². The van der Waals surface area contributed by atoms with Crippen LogP contribution in [0.3, 0.4) is 0 Å². The number of carbonyl (C=O) groups is 1. The second-order valence-electron chi connectivity index (χ2n) is 4.95. The number of benzene rings is 1. The lowest BCUT2D eigenvalue weighted by molar-refractivity contribution is -0.120. The van der Waals surface area contributed by atoms with E-state index >= 15 is 0 Å². The van der Waals surface area contributed by atoms with Gasteiger partial charge in [0.25, 0.3) is 0 Å². The first-order valence-electron chi connectivity index (χ1n) is 6.68. The topological polar surface area (TPSA) is 60.7 Å². The summed E-state index contributed by atoms with van der Waals surface area (Å²) in [4.78, 5) is 18.4. The molecule has 1 aromatic carbocycles. The number of fused-ring (bicyclic) bond motifs is 1. The molecule has 0 atom stereocenters. The zero-order valence-electron chi connectivity index (χ0n) is 11.4. The standard InChI is InChI=1S/C16H17N3O/c1-11-14(13-4-2-3-5-15(13)19-11)8-16(20)18-10-12-6-7-17-9-12/h2-7,9,17,19H,8,10H2,1H3,(H,18,20). The Morgan fingerprint density at radius 1 is 1.25 bits per heavy atom. The van der Waals surface area contributed by atoms with Crippen LogP contribution in [0.15, 0.2) is 42.7 Å². The molecule has 0 saturated heterocycles. The van der Waals surface area contributed by atoms with E-state index < -0.39 is 0 Å². The Hall–Kier alpha value is -2.49. The summed E-state index contributed by atoms with van der Waals surface area (Å²) in [6.07, 6.45) is 4.14. The Bertz CT molecular complexity index is 725. The van der Waals surface area contributed by atoms with Gasteiger partial charge in [-0.25, -0.2) is 0 Å². The highest BCUT2D eigenvalue weighted by Crippen LogP contribution is 2.22. The maximum absolute atomic E-state index is 12.1. The predicted molar refractivity (Wildman–Crippen MR) is 79.4 cm³/mol. The van der Waals surface area contributed by atoms with Gasteiger partial charge in [0.15, 0.2) is 0 Å². The Morgan fingerprint density at radius 3 is 2.90 bits per heavy atom. The average molecular weight is 267 g/mol. The van der Waals surface area contributed by atoms with Gasteiger partial charge < -0.3 is 15.3 Å². The Morgan fingerprint density at radius 2 is 2.10 bits per heavy atom. The molecule has 0 aliphatic carbocycles. The van der Waals surface area contributed by atoms with Crippen LogP contribution in [-0.4, -0.2) is 15.9 Å². The van der Waals surface area contributed by atoms with Crippen LogP contribution in [0.1, 0.15) is 16.8 Å². The molecule has 3 N–H and O–H groups in total. The highest BCUT2D eigenvalue weighted by molar-refractivity contribution is 5.90. The van der Waals surface area contributed by atoms with Crippen molar-refractivity contribution in [1.82, 2.24) is 15.3 Å². The van der Waals surface area contributed by atoms with E-state index in [0.717, 1.165) is 27.7 Å². The molecule has 0 fully saturated rings. The second kappa shape index (κ2) is 5.25. The van der Waals surface area contributed by atoms with Crippen molar-refractivity contribution in [1.29, 1.82) is 0 Å². The zero-order valence-corrected chi connectivity index (χ0v) is 11.4. The van der Waals surface area contributed by atoms with Crippen LogP contribution in [0.25, 0.3) is 10.9 Å². The van der Waals surface area contributed by atoms with Crippen LogP contribution in [0.4, 0.5) is 0 Å². The number of aryl methyl sites for hydroxylation is 1. The number of carbonyl (C=O) groups excluding carboxylic acids is 1. The molecule has 2 heterocycles. The largest absolute Gasteiger partial charge is 0.367 e. The fourth-order valence-corrected chi connectivity index (χ4v) is 2.45. The average Bonchev–Trinajstić information content (AvgIpc) is 3.06. The van der Waals surface area contributed by atoms with Gasteiger partial charge >= 0.3 is 0 Å². The minimum absolute atomic E-state index is 0.0408. The van der Waals surface area contributed by atoms with Crippen molar-refractivity contribution in [2.45, 2.75) is 19.9 Å². The number of hydrogen-bond donors (Lipinski definition) is 3. The van der Waals surface area contributed by atoms with Crippen molar-refractivity contribution >= 4 is 16.8 Å². The smallest absolute Gasteiger partial charge is 0.224 e. The molecular formula is C16H17N3O. The molecule has 2 aromatic heterocycles. The molecule has 1 amide bonds. The zero-order chi connectivity index (χ0) is 13.9. The van der Waals surface area contributed by atoms with Crippen LogP contribution in [0.5, 0.6) is 0 Å². The summed E-state index contributed by atoms with van der Waals surface area (Å²) in [5, 5.41) is 4.07. The Kier molecular flexibility index (Phi) is 3.29. The van der Waals surface area contributed by atoms with Crippen molar-refractivity contribution in [3.8, 4) is 0 Å². The summed E-state index contributed by atoms with van der Waals surface area (Å²) >= 11 is 0. The number of rotatable bonds is 4. The maximum Gasteiger partial charge on any atom is 0.224 e. The molecular weight excluding hydrogens is 250 g/mol. The van der Waals surface area contributed by atoms with Gasteiger partial charge in [-0.3, -0.25) is 4.79 Å². The predicted octanol–water partition coefficient (Wildman–Crippen LogP) is 2.66. The molecule has 0 radical (unpaired) electrons. The van der Waals surface area contributed by atoms with E-state index in [2.05, 4.69) is 15.3 Å². The van der Waals surface area contributed by atoms with E-state index in [-0.39, 0.29) is 5.91 Å². The molecule has 102 valence electrons. The van der Waals surface area contributed by atoms with Gasteiger partial charge in [0.2, 0.25) is 5.91 Å². The highest BCUT2D eigenvalue weighted by atomic mass is 16.1. The molecule has 0 saturated carbocycles. The quantitative estimate of drug-likeness (QED) is 0.668. The monoisotopic (exact) mass is 267 g/mol. The molecule has 0 aliphatic heterocycles. The minimum atomic E-state index is 0.0408. The Balaban J connectivity index is 1.72. The van der Waals surface area contributed by atoms with Crippen molar-refractivity contribution < 1.29 is 4.79 Å². The fourth-order valence-electron chi connectivity index (χ4n) is 2.45. The number of aromatic amines is 2. The van der Waals surface area contributed by atoms with Gasteiger partial charge in [0.05, 0.1) is 6.42 Å². The van der Waals surface area contributed by atoms with Gasteiger partial charge in [-0.2, -0.15) is 0 Å². The summed E-state index contributed by atoms with van der Waals surface area (Å²) in [6.45, 7) is 2.57. The van der Waals surface area contributed by atoms with Crippen LogP contribution in [0, 0.1) is 6.92 Å². The lowest BCUT2D eigenvalue weighted by Crippen LogP contribution is -2.24. The molecule has 3 rings (SSSR count). The summed E-state index contributed by atoms with van der Waals surface area (Å²) in [5.41, 5.74) is 4.29. The molecule has 4 nitrogen and oxygen atoms in total. The van der Waals surface area contributed by atoms with Crippen molar-refractivity contribution in [3.05, 3.63) is 59.5 Å². The van der Waals surface area contributed by atoms with Crippen molar-refractivity contribution in [2.75, 3.05) is 0 Å². The number of hydrogen-bond acceptors (Lipinski definition) is 1. The normalized spacial score (nSPS) is 10.8. The summed E-state index contributed by atoms with van der Waals surface area (Å²) in [5.74, 6) is 0.0408. The van der Waals surface area contributed by atoms with Crippen LogP contribution >= 0.6 is 0 Å². The summed E-state index contributed by atoms with van der Waals surface area (Å²) in [6, 6.07) is 10.0. The van der Waals surface area contributed by atoms with Gasteiger partial charge in [-0.1, -0.05) is 18.2 Å². The first-order chi connectivity index (χ1) is 9.74. The van der Waals surface area contributed by atoms with E-state index in [4.69, 9.17) is 0 Å². The minimum Gasteiger partial charge on any atom is -0.367 e. The molecule has 0 aliphatic rings. The van der Waals surface area contributed by atoms with Crippen LogP contribution < -0.4 is 5.32 Å². The number of H-pyrrole nitrogens is 2. The second-order valence-corrected chi connectivity index (χ2v) is 4.95. The molecule has 4 heteroatoms. The number of nitrogens with one attached hydrogen (secondary N) is 3. The van der Waals surface area contributed by atoms with Gasteiger partial charge in [-0.05, 0) is 30.2 Å². The van der Waals surface area contributed by atoms with E-state index in [1.54, 1.807) is 0 Å². The van der Waals surface area contributed by atoms with Gasteiger partial charge in [0, 0.05) is 35.5 Å². The molecule has 20 heavy (non-hydrogen) atoms. The molecule has 3 aromatic rings. The van der Waals surface area contributed by atoms with Crippen LogP contribution in [-0.2, 0) is 17.8 Å². The molecule has 0 unspecified atom stereocenters. The van der Waals surface area contributed by atoms with Crippen molar-refractivity contribution in [2.24, 2.45) is 0 Å². The first-order valence-corrected chi connectivity index (χ1v) is 6.68. The summed E-state index contributed by atoms with van der Waals surface area (Å²) < 4.78 is 0. The third-order valence-electron chi connectivity index (χ3n) is 3.52. The third kappa shape index (κ3) is 2.45. The first kappa shape index (κ1) is 12.5. The number of amides is 1. The lowest BCUT2D eigenvalue weighted by Gasteiger charge is -2.04.